The first-order valence-corrected chi connectivity index (χ1v) is 18.9. The number of hydrogen-bond acceptors (Lipinski definition) is 8. The molecule has 2 saturated heterocycles. The quantitative estimate of drug-likeness (QED) is 0.202. The Hall–Kier alpha value is -5.57. The molecule has 1 aliphatic carbocycles. The predicted molar refractivity (Wildman–Crippen MR) is 201 cm³/mol. The van der Waals surface area contributed by atoms with Crippen molar-refractivity contribution in [2.45, 2.75) is 109 Å². The lowest BCUT2D eigenvalue weighted by Gasteiger charge is -2.32. The molecule has 292 valence electrons. The van der Waals surface area contributed by atoms with Gasteiger partial charge in [-0.2, -0.15) is 5.10 Å². The van der Waals surface area contributed by atoms with E-state index in [1.54, 1.807) is 36.4 Å². The number of carbonyl (C=O) groups is 6. The Labute approximate surface area is 320 Å². The van der Waals surface area contributed by atoms with Crippen LogP contribution in [0.5, 0.6) is 0 Å². The lowest BCUT2D eigenvalue weighted by atomic mass is 10.00. The minimum atomic E-state index is -1.40. The molecule has 0 unspecified atom stereocenters. The number of nitrogens with zero attached hydrogens (tertiary/aromatic N) is 3. The van der Waals surface area contributed by atoms with Crippen molar-refractivity contribution >= 4 is 35.4 Å². The molecular formula is C40H50N8O7. The molecule has 3 fully saturated rings. The molecule has 3 aromatic rings. The summed E-state index contributed by atoms with van der Waals surface area (Å²) < 4.78 is 1.89. The van der Waals surface area contributed by atoms with Crippen LogP contribution in [0.1, 0.15) is 72.4 Å². The van der Waals surface area contributed by atoms with Gasteiger partial charge in [-0.1, -0.05) is 48.9 Å². The van der Waals surface area contributed by atoms with Crippen molar-refractivity contribution in [2.75, 3.05) is 6.54 Å². The maximum atomic E-state index is 14.5. The van der Waals surface area contributed by atoms with E-state index in [0.717, 1.165) is 22.5 Å². The zero-order valence-electron chi connectivity index (χ0n) is 31.6. The third-order valence-corrected chi connectivity index (χ3v) is 10.8. The van der Waals surface area contributed by atoms with Gasteiger partial charge >= 0.3 is 0 Å². The molecule has 15 nitrogen and oxygen atoms in total. The highest BCUT2D eigenvalue weighted by molar-refractivity contribution is 5.98. The first-order valence-electron chi connectivity index (χ1n) is 18.9. The number of hydrogen-bond donors (Lipinski definition) is 6. The summed E-state index contributed by atoms with van der Waals surface area (Å²) in [6, 6.07) is 12.2. The molecule has 0 radical (unpaired) electrons. The van der Waals surface area contributed by atoms with E-state index >= 15 is 0 Å². The van der Waals surface area contributed by atoms with E-state index in [4.69, 9.17) is 0 Å². The Kier molecular flexibility index (Phi) is 12.0. The SMILES string of the molecule is Cc1cc(C)n(Cc2ccc(C(=O)N[C@@H]3C[C@H]4C(=O)N[C@@H](C)C(=O)N[C@@H]5CCC[C@H]5C(=O)N[C@@H]([C@@H](C)O)C(=O)N[C@@H](Cc5ccccc5)C(=O)N4C3)cc2)n1. The standard InChI is InChI=1S/C40H50N8O7/c1-22-17-23(2)48(46-22)20-27-13-15-28(16-14-27)36(51)42-29-19-33-38(53)41-24(3)35(50)43-31-12-8-11-30(31)37(52)45-34(25(4)49)39(54)44-32(40(55)47(33)21-29)18-26-9-6-5-7-10-26/h5-7,9-10,13-17,24-25,29-34,49H,8,11-12,18-21H2,1-4H3,(H,41,53)(H,42,51)(H,43,50)(H,44,54)(H,45,52)/t24-,25+,29+,30+,31+,32-,33-,34-/m0/s1. The van der Waals surface area contributed by atoms with Gasteiger partial charge in [0.1, 0.15) is 24.2 Å². The van der Waals surface area contributed by atoms with Crippen LogP contribution in [0.3, 0.4) is 0 Å². The number of fused-ring (bicyclic) bond motifs is 2. The number of aromatic nitrogens is 2. The highest BCUT2D eigenvalue weighted by atomic mass is 16.3. The largest absolute Gasteiger partial charge is 0.391 e. The van der Waals surface area contributed by atoms with E-state index in [0.29, 0.717) is 31.4 Å². The number of benzene rings is 2. The third kappa shape index (κ3) is 9.22. The summed E-state index contributed by atoms with van der Waals surface area (Å²) >= 11 is 0. The Balaban J connectivity index is 1.26. The van der Waals surface area contributed by atoms with Crippen molar-refractivity contribution in [1.29, 1.82) is 0 Å². The normalized spacial score (nSPS) is 27.0. The van der Waals surface area contributed by atoms with E-state index in [-0.39, 0.29) is 19.4 Å². The second-order valence-corrected chi connectivity index (χ2v) is 15.1. The van der Waals surface area contributed by atoms with Crippen LogP contribution in [-0.4, -0.2) is 104 Å². The molecule has 55 heavy (non-hydrogen) atoms. The number of aryl methyl sites for hydroxylation is 2. The van der Waals surface area contributed by atoms with Gasteiger partial charge in [0.25, 0.3) is 5.91 Å². The maximum Gasteiger partial charge on any atom is 0.251 e. The predicted octanol–water partition coefficient (Wildman–Crippen LogP) is 0.644. The van der Waals surface area contributed by atoms with Gasteiger partial charge in [-0.15, -0.1) is 0 Å². The highest BCUT2D eigenvalue weighted by Gasteiger charge is 2.45. The van der Waals surface area contributed by atoms with Gasteiger partial charge < -0.3 is 36.6 Å². The Morgan fingerprint density at radius 3 is 2.29 bits per heavy atom. The van der Waals surface area contributed by atoms with Crippen LogP contribution in [0.2, 0.25) is 0 Å². The Morgan fingerprint density at radius 1 is 0.891 bits per heavy atom. The fourth-order valence-corrected chi connectivity index (χ4v) is 7.78. The summed E-state index contributed by atoms with van der Waals surface area (Å²) in [5.41, 5.74) is 4.01. The van der Waals surface area contributed by atoms with Gasteiger partial charge in [-0.3, -0.25) is 33.4 Å². The third-order valence-electron chi connectivity index (χ3n) is 10.8. The monoisotopic (exact) mass is 754 g/mol. The van der Waals surface area contributed by atoms with E-state index in [2.05, 4.69) is 31.7 Å². The fourth-order valence-electron chi connectivity index (χ4n) is 7.78. The summed E-state index contributed by atoms with van der Waals surface area (Å²) in [5, 5.41) is 29.2. The molecule has 1 aromatic heterocycles. The average molecular weight is 755 g/mol. The van der Waals surface area contributed by atoms with Gasteiger partial charge in [0, 0.05) is 36.3 Å². The summed E-state index contributed by atoms with van der Waals surface area (Å²) in [7, 11) is 0. The molecular weight excluding hydrogens is 704 g/mol. The Bertz CT molecular complexity index is 1910. The lowest BCUT2D eigenvalue weighted by Crippen LogP contribution is -2.61. The molecule has 6 N–H and O–H groups in total. The molecule has 0 spiro atoms. The van der Waals surface area contributed by atoms with Gasteiger partial charge in [0.2, 0.25) is 29.5 Å². The van der Waals surface area contributed by atoms with Gasteiger partial charge in [0.15, 0.2) is 0 Å². The molecule has 2 aromatic carbocycles. The number of aliphatic hydroxyl groups is 1. The van der Waals surface area contributed by atoms with E-state index in [1.807, 2.05) is 42.8 Å². The van der Waals surface area contributed by atoms with Gasteiger partial charge in [-0.05, 0) is 76.3 Å². The molecule has 1 saturated carbocycles. The van der Waals surface area contributed by atoms with Gasteiger partial charge in [0.05, 0.1) is 24.3 Å². The number of rotatable bonds is 7. The topological polar surface area (TPSA) is 204 Å². The molecule has 8 atom stereocenters. The Morgan fingerprint density at radius 2 is 1.62 bits per heavy atom. The summed E-state index contributed by atoms with van der Waals surface area (Å²) in [6.07, 6.45) is 0.413. The number of nitrogens with one attached hydrogen (secondary N) is 5. The first-order chi connectivity index (χ1) is 26.3. The van der Waals surface area contributed by atoms with Crippen LogP contribution in [-0.2, 0) is 36.9 Å². The summed E-state index contributed by atoms with van der Waals surface area (Å²) in [6.45, 7) is 7.30. The molecule has 6 amide bonds. The van der Waals surface area contributed by atoms with Crippen LogP contribution in [0.25, 0.3) is 0 Å². The molecule has 2 aliphatic heterocycles. The van der Waals surface area contributed by atoms with Crippen LogP contribution >= 0.6 is 0 Å². The summed E-state index contributed by atoms with van der Waals surface area (Å²) in [5.74, 6) is -4.03. The smallest absolute Gasteiger partial charge is 0.251 e. The fraction of sp³-hybridized carbons (Fsp3) is 0.475. The zero-order chi connectivity index (χ0) is 39.4. The molecule has 15 heteroatoms. The minimum absolute atomic E-state index is 0.0429. The number of amides is 6. The van der Waals surface area contributed by atoms with Crippen LogP contribution in [0.15, 0.2) is 60.7 Å². The first kappa shape index (κ1) is 39.1. The van der Waals surface area contributed by atoms with Crippen molar-refractivity contribution < 1.29 is 33.9 Å². The molecule has 0 bridgehead atoms. The van der Waals surface area contributed by atoms with Crippen LogP contribution < -0.4 is 26.6 Å². The van der Waals surface area contributed by atoms with Crippen molar-refractivity contribution in [1.82, 2.24) is 41.3 Å². The zero-order valence-corrected chi connectivity index (χ0v) is 31.6. The highest BCUT2D eigenvalue weighted by Crippen LogP contribution is 2.27. The molecule has 6 rings (SSSR count). The second-order valence-electron chi connectivity index (χ2n) is 15.1. The molecule has 3 aliphatic rings. The van der Waals surface area contributed by atoms with E-state index in [1.165, 1.54) is 18.7 Å². The van der Waals surface area contributed by atoms with Crippen molar-refractivity contribution in [3.05, 3.63) is 88.7 Å². The number of aliphatic hydroxyl groups excluding tert-OH is 1. The van der Waals surface area contributed by atoms with E-state index in [9.17, 15) is 33.9 Å². The van der Waals surface area contributed by atoms with Crippen molar-refractivity contribution in [2.24, 2.45) is 5.92 Å². The van der Waals surface area contributed by atoms with Crippen molar-refractivity contribution in [3.8, 4) is 0 Å². The summed E-state index contributed by atoms with van der Waals surface area (Å²) in [4.78, 5) is 84.0. The number of carbonyl (C=O) groups excluding carboxylic acids is 6. The van der Waals surface area contributed by atoms with Crippen LogP contribution in [0, 0.1) is 19.8 Å². The van der Waals surface area contributed by atoms with Crippen LogP contribution in [0.4, 0.5) is 0 Å². The van der Waals surface area contributed by atoms with Crippen molar-refractivity contribution in [3.63, 3.8) is 0 Å². The second kappa shape index (κ2) is 16.8. The minimum Gasteiger partial charge on any atom is -0.391 e. The lowest BCUT2D eigenvalue weighted by molar-refractivity contribution is -0.143. The molecule has 3 heterocycles. The van der Waals surface area contributed by atoms with Gasteiger partial charge in [-0.25, -0.2) is 0 Å². The van der Waals surface area contributed by atoms with E-state index < -0.39 is 83.7 Å². The maximum absolute atomic E-state index is 14.5. The average Bonchev–Trinajstić information content (AvgIpc) is 3.88.